The van der Waals surface area contributed by atoms with E-state index < -0.39 is 11.6 Å². The number of benzene rings is 1. The average molecular weight is 238 g/mol. The van der Waals surface area contributed by atoms with Crippen molar-refractivity contribution in [3.63, 3.8) is 0 Å². The van der Waals surface area contributed by atoms with Crippen molar-refractivity contribution < 1.29 is 13.2 Å². The molecular formula is C12H12F2N2O. The van der Waals surface area contributed by atoms with E-state index in [-0.39, 0.29) is 0 Å². The summed E-state index contributed by atoms with van der Waals surface area (Å²) in [4.78, 5) is 4.00. The molecule has 0 saturated carbocycles. The lowest BCUT2D eigenvalue weighted by atomic mass is 10.2. The maximum atomic E-state index is 13.3. The quantitative estimate of drug-likeness (QED) is 0.889. The zero-order chi connectivity index (χ0) is 12.3. The minimum Gasteiger partial charge on any atom is -0.445 e. The third-order valence-corrected chi connectivity index (χ3v) is 2.28. The molecule has 1 aromatic carbocycles. The summed E-state index contributed by atoms with van der Waals surface area (Å²) in [6.45, 7) is 2.51. The fourth-order valence-corrected chi connectivity index (χ4v) is 1.45. The van der Waals surface area contributed by atoms with Crippen LogP contribution in [0.4, 0.5) is 8.78 Å². The molecule has 0 atom stereocenters. The molecule has 0 aliphatic rings. The van der Waals surface area contributed by atoms with Crippen LogP contribution in [0.2, 0.25) is 0 Å². The molecule has 17 heavy (non-hydrogen) atoms. The Morgan fingerprint density at radius 3 is 2.76 bits per heavy atom. The second-order valence-electron chi connectivity index (χ2n) is 3.70. The maximum Gasteiger partial charge on any atom is 0.208 e. The van der Waals surface area contributed by atoms with Crippen molar-refractivity contribution in [2.45, 2.75) is 20.0 Å². The Morgan fingerprint density at radius 2 is 2.12 bits per heavy atom. The van der Waals surface area contributed by atoms with E-state index in [0.29, 0.717) is 24.5 Å². The molecule has 2 aromatic rings. The number of hydrogen-bond acceptors (Lipinski definition) is 3. The smallest absolute Gasteiger partial charge is 0.208 e. The molecular weight excluding hydrogens is 226 g/mol. The number of oxazole rings is 1. The summed E-state index contributed by atoms with van der Waals surface area (Å²) in [7, 11) is 0. The van der Waals surface area contributed by atoms with Gasteiger partial charge < -0.3 is 9.73 Å². The van der Waals surface area contributed by atoms with Crippen molar-refractivity contribution in [2.24, 2.45) is 0 Å². The molecule has 1 heterocycles. The summed E-state index contributed by atoms with van der Waals surface area (Å²) in [6, 6.07) is 3.51. The lowest BCUT2D eigenvalue weighted by molar-refractivity contribution is 0.446. The van der Waals surface area contributed by atoms with E-state index in [4.69, 9.17) is 4.42 Å². The molecule has 2 rings (SSSR count). The summed E-state index contributed by atoms with van der Waals surface area (Å²) >= 11 is 0. The van der Waals surface area contributed by atoms with Crippen LogP contribution in [0.3, 0.4) is 0 Å². The van der Waals surface area contributed by atoms with Crippen LogP contribution in [0.1, 0.15) is 17.2 Å². The van der Waals surface area contributed by atoms with Gasteiger partial charge in [0, 0.05) is 18.2 Å². The minimum absolute atomic E-state index is 0.299. The van der Waals surface area contributed by atoms with Crippen LogP contribution in [0.15, 0.2) is 28.8 Å². The van der Waals surface area contributed by atoms with Crippen LogP contribution in [-0.4, -0.2) is 4.98 Å². The Hall–Kier alpha value is -1.75. The molecule has 0 spiro atoms. The first-order valence-electron chi connectivity index (χ1n) is 5.21. The zero-order valence-electron chi connectivity index (χ0n) is 9.34. The van der Waals surface area contributed by atoms with Crippen molar-refractivity contribution in [1.29, 1.82) is 0 Å². The van der Waals surface area contributed by atoms with Gasteiger partial charge in [-0.25, -0.2) is 13.8 Å². The lowest BCUT2D eigenvalue weighted by Gasteiger charge is -2.04. The van der Waals surface area contributed by atoms with Crippen LogP contribution < -0.4 is 5.32 Å². The Balaban J connectivity index is 1.90. The van der Waals surface area contributed by atoms with E-state index in [1.165, 1.54) is 12.1 Å². The predicted molar refractivity (Wildman–Crippen MR) is 58.1 cm³/mol. The highest BCUT2D eigenvalue weighted by Gasteiger charge is 2.04. The van der Waals surface area contributed by atoms with Gasteiger partial charge in [-0.1, -0.05) is 6.07 Å². The molecule has 0 radical (unpaired) electrons. The minimum atomic E-state index is -0.574. The van der Waals surface area contributed by atoms with Crippen molar-refractivity contribution in [3.8, 4) is 0 Å². The van der Waals surface area contributed by atoms with Gasteiger partial charge in [0.05, 0.1) is 12.7 Å². The molecule has 90 valence electrons. The first kappa shape index (κ1) is 11.7. The van der Waals surface area contributed by atoms with Gasteiger partial charge >= 0.3 is 0 Å². The van der Waals surface area contributed by atoms with Gasteiger partial charge in [-0.05, 0) is 13.0 Å². The van der Waals surface area contributed by atoms with E-state index in [9.17, 15) is 8.78 Å². The van der Waals surface area contributed by atoms with Gasteiger partial charge in [0.25, 0.3) is 0 Å². The second-order valence-corrected chi connectivity index (χ2v) is 3.70. The van der Waals surface area contributed by atoms with E-state index in [1.54, 1.807) is 13.1 Å². The number of rotatable bonds is 4. The standard InChI is InChI=1S/C12H12F2N2O/c1-8-5-16-12(17-8)7-15-6-9-2-3-10(13)4-11(9)14/h2-5,15H,6-7H2,1H3. The van der Waals surface area contributed by atoms with Crippen molar-refractivity contribution >= 4 is 0 Å². The number of nitrogens with one attached hydrogen (secondary N) is 1. The van der Waals surface area contributed by atoms with Gasteiger partial charge in [0.15, 0.2) is 0 Å². The predicted octanol–water partition coefficient (Wildman–Crippen LogP) is 2.55. The summed E-state index contributed by atoms with van der Waals surface area (Å²) in [5, 5.41) is 2.97. The summed E-state index contributed by atoms with van der Waals surface area (Å²) in [6.07, 6.45) is 1.62. The Bertz CT molecular complexity index is 511. The third kappa shape index (κ3) is 3.10. The van der Waals surface area contributed by atoms with Gasteiger partial charge in [-0.15, -0.1) is 0 Å². The van der Waals surface area contributed by atoms with Crippen LogP contribution in [0, 0.1) is 18.6 Å². The number of nitrogens with zero attached hydrogens (tertiary/aromatic N) is 1. The Kier molecular flexibility index (Phi) is 3.49. The normalized spacial score (nSPS) is 10.8. The molecule has 0 bridgehead atoms. The van der Waals surface area contributed by atoms with Crippen LogP contribution in [-0.2, 0) is 13.1 Å². The topological polar surface area (TPSA) is 38.1 Å². The van der Waals surface area contributed by atoms with Crippen LogP contribution in [0.25, 0.3) is 0 Å². The molecule has 0 aliphatic heterocycles. The van der Waals surface area contributed by atoms with Crippen molar-refractivity contribution in [2.75, 3.05) is 0 Å². The molecule has 0 amide bonds. The van der Waals surface area contributed by atoms with Crippen molar-refractivity contribution in [1.82, 2.24) is 10.3 Å². The average Bonchev–Trinajstić information content (AvgIpc) is 2.68. The molecule has 3 nitrogen and oxygen atoms in total. The van der Waals surface area contributed by atoms with Gasteiger partial charge in [0.1, 0.15) is 17.4 Å². The maximum absolute atomic E-state index is 13.3. The molecule has 1 aromatic heterocycles. The largest absolute Gasteiger partial charge is 0.445 e. The summed E-state index contributed by atoms with van der Waals surface area (Å²) in [5.41, 5.74) is 0.412. The molecule has 0 aliphatic carbocycles. The number of hydrogen-bond donors (Lipinski definition) is 1. The lowest BCUT2D eigenvalue weighted by Crippen LogP contribution is -2.14. The van der Waals surface area contributed by atoms with Gasteiger partial charge in [-0.3, -0.25) is 0 Å². The molecule has 5 heteroatoms. The van der Waals surface area contributed by atoms with Gasteiger partial charge in [0.2, 0.25) is 5.89 Å². The molecule has 0 fully saturated rings. The van der Waals surface area contributed by atoms with Crippen LogP contribution >= 0.6 is 0 Å². The third-order valence-electron chi connectivity index (χ3n) is 2.28. The molecule has 0 saturated heterocycles. The molecule has 0 unspecified atom stereocenters. The fraction of sp³-hybridized carbons (Fsp3) is 0.250. The Morgan fingerprint density at radius 1 is 1.29 bits per heavy atom. The highest BCUT2D eigenvalue weighted by molar-refractivity contribution is 5.18. The highest BCUT2D eigenvalue weighted by Crippen LogP contribution is 2.09. The number of halogens is 2. The van der Waals surface area contributed by atoms with E-state index in [0.717, 1.165) is 11.8 Å². The van der Waals surface area contributed by atoms with Gasteiger partial charge in [-0.2, -0.15) is 0 Å². The van der Waals surface area contributed by atoms with E-state index in [1.807, 2.05) is 0 Å². The second kappa shape index (κ2) is 5.05. The van der Waals surface area contributed by atoms with E-state index in [2.05, 4.69) is 10.3 Å². The van der Waals surface area contributed by atoms with E-state index >= 15 is 0 Å². The number of aryl methyl sites for hydroxylation is 1. The highest BCUT2D eigenvalue weighted by atomic mass is 19.1. The fourth-order valence-electron chi connectivity index (χ4n) is 1.45. The van der Waals surface area contributed by atoms with Crippen LogP contribution in [0.5, 0.6) is 0 Å². The summed E-state index contributed by atoms with van der Waals surface area (Å²) in [5.74, 6) is 0.149. The number of aromatic nitrogens is 1. The SMILES string of the molecule is Cc1cnc(CNCc2ccc(F)cc2F)o1. The summed E-state index contributed by atoms with van der Waals surface area (Å²) < 4.78 is 31.2. The first-order chi connectivity index (χ1) is 8.15. The molecule has 1 N–H and O–H groups in total. The van der Waals surface area contributed by atoms with Crippen molar-refractivity contribution in [3.05, 3.63) is 53.2 Å². The monoisotopic (exact) mass is 238 g/mol. The zero-order valence-corrected chi connectivity index (χ0v) is 9.34. The first-order valence-corrected chi connectivity index (χ1v) is 5.21. The Labute approximate surface area is 97.5 Å².